The van der Waals surface area contributed by atoms with E-state index in [1.165, 1.54) is 6.07 Å². The number of hydrogen-bond acceptors (Lipinski definition) is 1. The van der Waals surface area contributed by atoms with Crippen LogP contribution in [0.2, 0.25) is 0 Å². The lowest BCUT2D eigenvalue weighted by atomic mass is 10.3. The smallest absolute Gasteiger partial charge is 0.422 e. The van der Waals surface area contributed by atoms with E-state index in [-0.39, 0.29) is 5.75 Å². The quantitative estimate of drug-likeness (QED) is 0.705. The van der Waals surface area contributed by atoms with Gasteiger partial charge in [0.2, 0.25) is 0 Å². The van der Waals surface area contributed by atoms with Gasteiger partial charge in [0.1, 0.15) is 5.75 Å². The molecule has 0 aromatic heterocycles. The second-order valence-electron chi connectivity index (χ2n) is 2.48. The molecule has 0 saturated carbocycles. The van der Waals surface area contributed by atoms with Crippen molar-refractivity contribution in [1.29, 1.82) is 0 Å². The highest BCUT2D eigenvalue weighted by atomic mass is 127. The average Bonchev–Trinajstić information content (AvgIpc) is 2.00. The summed E-state index contributed by atoms with van der Waals surface area (Å²) in [5.41, 5.74) is 0. The lowest BCUT2D eigenvalue weighted by Gasteiger charge is -2.10. The molecule has 0 fully saturated rings. The third-order valence-corrected chi connectivity index (χ3v) is 2.58. The average molecular weight is 381 g/mol. The molecule has 0 unspecified atom stereocenters. The molecule has 0 saturated heterocycles. The molecule has 0 spiro atoms. The van der Waals surface area contributed by atoms with Crippen molar-refractivity contribution < 1.29 is 17.9 Å². The molecule has 1 aromatic carbocycles. The molecule has 1 rings (SSSR count). The molecule has 0 radical (unpaired) electrons. The van der Waals surface area contributed by atoms with Crippen LogP contribution in [0.5, 0.6) is 5.75 Å². The van der Waals surface area contributed by atoms with Crippen molar-refractivity contribution in [3.8, 4) is 5.75 Å². The Balaban J connectivity index is 2.68. The van der Waals surface area contributed by atoms with Gasteiger partial charge in [-0.25, -0.2) is 0 Å². The second-order valence-corrected chi connectivity index (χ2v) is 4.58. The maximum Gasteiger partial charge on any atom is 0.422 e. The lowest BCUT2D eigenvalue weighted by Crippen LogP contribution is -2.19. The summed E-state index contributed by atoms with van der Waals surface area (Å²) in [6.07, 6.45) is -4.30. The Labute approximate surface area is 101 Å². The van der Waals surface area contributed by atoms with E-state index in [1.807, 2.05) is 0 Å². The van der Waals surface area contributed by atoms with Gasteiger partial charge in [-0.3, -0.25) is 0 Å². The molecule has 78 valence electrons. The molecule has 6 heteroatoms. The van der Waals surface area contributed by atoms with Crippen LogP contribution in [-0.2, 0) is 0 Å². The van der Waals surface area contributed by atoms with Crippen LogP contribution in [0, 0.1) is 3.57 Å². The van der Waals surface area contributed by atoms with Crippen molar-refractivity contribution in [2.45, 2.75) is 6.18 Å². The third-order valence-electron chi connectivity index (χ3n) is 1.29. The first kappa shape index (κ1) is 12.1. The zero-order valence-electron chi connectivity index (χ0n) is 6.74. The Morgan fingerprint density at radius 3 is 2.50 bits per heavy atom. The van der Waals surface area contributed by atoms with Crippen molar-refractivity contribution >= 4 is 38.5 Å². The number of benzene rings is 1. The SMILES string of the molecule is FC(F)(F)COc1ccc(I)cc1Br. The summed E-state index contributed by atoms with van der Waals surface area (Å²) < 4.78 is 41.5. The van der Waals surface area contributed by atoms with Crippen LogP contribution in [-0.4, -0.2) is 12.8 Å². The molecule has 0 aliphatic carbocycles. The van der Waals surface area contributed by atoms with Crippen LogP contribution >= 0.6 is 38.5 Å². The van der Waals surface area contributed by atoms with Crippen molar-refractivity contribution in [3.63, 3.8) is 0 Å². The predicted octanol–water partition coefficient (Wildman–Crippen LogP) is 3.99. The molecular formula is C8H5BrF3IO. The molecule has 0 amide bonds. The zero-order valence-corrected chi connectivity index (χ0v) is 10.5. The van der Waals surface area contributed by atoms with Crippen LogP contribution in [0.15, 0.2) is 22.7 Å². The van der Waals surface area contributed by atoms with Gasteiger partial charge in [-0.15, -0.1) is 0 Å². The Hall–Kier alpha value is 0.0200. The van der Waals surface area contributed by atoms with Gasteiger partial charge in [-0.05, 0) is 56.7 Å². The highest BCUT2D eigenvalue weighted by Gasteiger charge is 2.28. The first-order valence-corrected chi connectivity index (χ1v) is 5.40. The minimum absolute atomic E-state index is 0.197. The highest BCUT2D eigenvalue weighted by Crippen LogP contribution is 2.28. The maximum absolute atomic E-state index is 11.8. The highest BCUT2D eigenvalue weighted by molar-refractivity contribution is 14.1. The van der Waals surface area contributed by atoms with Crippen LogP contribution in [0.1, 0.15) is 0 Å². The van der Waals surface area contributed by atoms with E-state index in [0.29, 0.717) is 4.47 Å². The van der Waals surface area contributed by atoms with Crippen LogP contribution in [0.3, 0.4) is 0 Å². The summed E-state index contributed by atoms with van der Waals surface area (Å²) in [4.78, 5) is 0. The molecule has 0 atom stereocenters. The van der Waals surface area contributed by atoms with Crippen molar-refractivity contribution in [3.05, 3.63) is 26.2 Å². The fourth-order valence-corrected chi connectivity index (χ4v) is 2.16. The Bertz CT molecular complexity index is 327. The third kappa shape index (κ3) is 4.04. The minimum atomic E-state index is -4.30. The Morgan fingerprint density at radius 2 is 2.00 bits per heavy atom. The molecule has 0 bridgehead atoms. The van der Waals surface area contributed by atoms with Gasteiger partial charge in [0.15, 0.2) is 6.61 Å². The van der Waals surface area contributed by atoms with Crippen molar-refractivity contribution in [2.24, 2.45) is 0 Å². The van der Waals surface area contributed by atoms with E-state index < -0.39 is 12.8 Å². The molecule has 0 heterocycles. The van der Waals surface area contributed by atoms with E-state index in [2.05, 4.69) is 43.3 Å². The van der Waals surface area contributed by atoms with E-state index >= 15 is 0 Å². The van der Waals surface area contributed by atoms with Gasteiger partial charge in [0.25, 0.3) is 0 Å². The summed E-state index contributed by atoms with van der Waals surface area (Å²) in [5, 5.41) is 0. The fourth-order valence-electron chi connectivity index (χ4n) is 0.752. The summed E-state index contributed by atoms with van der Waals surface area (Å²) in [6.45, 7) is -1.27. The van der Waals surface area contributed by atoms with Crippen molar-refractivity contribution in [2.75, 3.05) is 6.61 Å². The Morgan fingerprint density at radius 1 is 1.36 bits per heavy atom. The molecule has 1 aromatic rings. The molecule has 1 nitrogen and oxygen atoms in total. The minimum Gasteiger partial charge on any atom is -0.483 e. The molecule has 0 N–H and O–H groups in total. The first-order chi connectivity index (χ1) is 6.38. The van der Waals surface area contributed by atoms with Gasteiger partial charge in [0, 0.05) is 3.57 Å². The number of ether oxygens (including phenoxy) is 1. The van der Waals surface area contributed by atoms with Gasteiger partial charge in [-0.2, -0.15) is 13.2 Å². The van der Waals surface area contributed by atoms with E-state index in [9.17, 15) is 13.2 Å². The lowest BCUT2D eigenvalue weighted by molar-refractivity contribution is -0.153. The predicted molar refractivity (Wildman–Crippen MR) is 58.4 cm³/mol. The first-order valence-electron chi connectivity index (χ1n) is 3.53. The summed E-state index contributed by atoms with van der Waals surface area (Å²) in [6, 6.07) is 4.86. The largest absolute Gasteiger partial charge is 0.483 e. The van der Waals surface area contributed by atoms with Crippen molar-refractivity contribution in [1.82, 2.24) is 0 Å². The molecule has 14 heavy (non-hydrogen) atoms. The summed E-state index contributed by atoms with van der Waals surface area (Å²) in [5.74, 6) is 0.197. The second kappa shape index (κ2) is 4.69. The maximum atomic E-state index is 11.8. The van der Waals surface area contributed by atoms with Crippen LogP contribution in [0.25, 0.3) is 0 Å². The van der Waals surface area contributed by atoms with Gasteiger partial charge >= 0.3 is 6.18 Å². The monoisotopic (exact) mass is 380 g/mol. The number of rotatable bonds is 2. The summed E-state index contributed by atoms with van der Waals surface area (Å²) >= 11 is 5.18. The van der Waals surface area contributed by atoms with E-state index in [0.717, 1.165) is 3.57 Å². The van der Waals surface area contributed by atoms with Gasteiger partial charge in [0.05, 0.1) is 4.47 Å². The van der Waals surface area contributed by atoms with E-state index in [1.54, 1.807) is 12.1 Å². The number of alkyl halides is 3. The number of halogens is 5. The fraction of sp³-hybridized carbons (Fsp3) is 0.250. The van der Waals surface area contributed by atoms with Gasteiger partial charge < -0.3 is 4.74 Å². The molecular weight excluding hydrogens is 376 g/mol. The molecule has 0 aliphatic heterocycles. The zero-order chi connectivity index (χ0) is 10.8. The standard InChI is InChI=1S/C8H5BrF3IO/c9-6-3-5(13)1-2-7(6)14-4-8(10,11)12/h1-3H,4H2. The van der Waals surface area contributed by atoms with Gasteiger partial charge in [-0.1, -0.05) is 0 Å². The topological polar surface area (TPSA) is 9.23 Å². The van der Waals surface area contributed by atoms with E-state index in [4.69, 9.17) is 0 Å². The molecule has 0 aliphatic rings. The Kier molecular flexibility index (Phi) is 4.05. The van der Waals surface area contributed by atoms with Crippen LogP contribution in [0.4, 0.5) is 13.2 Å². The number of hydrogen-bond donors (Lipinski definition) is 0. The summed E-state index contributed by atoms with van der Waals surface area (Å²) in [7, 11) is 0. The van der Waals surface area contributed by atoms with Crippen LogP contribution < -0.4 is 4.74 Å². The normalized spacial score (nSPS) is 11.5.